The number of fused-ring (bicyclic) bond motifs is 2. The van der Waals surface area contributed by atoms with Gasteiger partial charge in [-0.05, 0) is 49.1 Å². The number of carbonyl (C=O) groups excluding carboxylic acids is 2. The van der Waals surface area contributed by atoms with Crippen molar-refractivity contribution in [2.45, 2.75) is 19.9 Å². The summed E-state index contributed by atoms with van der Waals surface area (Å²) in [6.45, 7) is 3.73. The highest BCUT2D eigenvalue weighted by Crippen LogP contribution is 2.33. The van der Waals surface area contributed by atoms with Gasteiger partial charge in [-0.15, -0.1) is 10.2 Å². The average Bonchev–Trinajstić information content (AvgIpc) is 3.49. The summed E-state index contributed by atoms with van der Waals surface area (Å²) in [4.78, 5) is 27.6. The molecule has 1 fully saturated rings. The van der Waals surface area contributed by atoms with E-state index in [0.717, 1.165) is 11.6 Å². The van der Waals surface area contributed by atoms with Crippen molar-refractivity contribution in [2.24, 2.45) is 11.8 Å². The number of nitrogens with zero attached hydrogens (tertiary/aromatic N) is 4. The number of furan rings is 1. The fraction of sp³-hybridized carbons (Fsp3) is 0.364. The van der Waals surface area contributed by atoms with Crippen LogP contribution >= 0.6 is 0 Å². The molecule has 0 unspecified atom stereocenters. The normalized spacial score (nSPS) is 19.6. The third-order valence-electron chi connectivity index (χ3n) is 6.19. The van der Waals surface area contributed by atoms with Gasteiger partial charge in [-0.1, -0.05) is 0 Å². The quantitative estimate of drug-likeness (QED) is 0.694. The minimum Gasteiger partial charge on any atom is -0.497 e. The number of rotatable bonds is 4. The first kappa shape index (κ1) is 19.3. The van der Waals surface area contributed by atoms with E-state index in [2.05, 4.69) is 15.5 Å². The van der Waals surface area contributed by atoms with Gasteiger partial charge in [-0.25, -0.2) is 0 Å². The van der Waals surface area contributed by atoms with Gasteiger partial charge in [-0.3, -0.25) is 9.59 Å². The van der Waals surface area contributed by atoms with Crippen molar-refractivity contribution in [3.8, 4) is 5.75 Å². The fourth-order valence-electron chi connectivity index (χ4n) is 4.50. The molecule has 1 aromatic carbocycles. The predicted octanol–water partition coefficient (Wildman–Crippen LogP) is 2.38. The first-order valence-corrected chi connectivity index (χ1v) is 10.2. The largest absolute Gasteiger partial charge is 0.497 e. The van der Waals surface area contributed by atoms with Crippen molar-refractivity contribution in [3.05, 3.63) is 59.6 Å². The van der Waals surface area contributed by atoms with Gasteiger partial charge in [0.05, 0.1) is 18.9 Å². The van der Waals surface area contributed by atoms with Gasteiger partial charge < -0.3 is 23.9 Å². The second-order valence-corrected chi connectivity index (χ2v) is 8.06. The van der Waals surface area contributed by atoms with Gasteiger partial charge in [0.15, 0.2) is 0 Å². The molecule has 31 heavy (non-hydrogen) atoms. The number of hydrogen-bond acceptors (Lipinski definition) is 6. The van der Waals surface area contributed by atoms with E-state index in [4.69, 9.17) is 9.15 Å². The van der Waals surface area contributed by atoms with Crippen molar-refractivity contribution in [1.29, 1.82) is 0 Å². The summed E-state index contributed by atoms with van der Waals surface area (Å²) in [6, 6.07) is 8.84. The van der Waals surface area contributed by atoms with Crippen molar-refractivity contribution in [3.63, 3.8) is 0 Å². The van der Waals surface area contributed by atoms with E-state index in [1.54, 1.807) is 50.6 Å². The SMILES string of the molecule is COc1ccc(NC(=O)c2nnc3n2C[C@H]2CN(C(=O)c4ccoc4C)C[C@H]2C3)cc1. The monoisotopic (exact) mass is 421 g/mol. The highest BCUT2D eigenvalue weighted by Gasteiger charge is 2.41. The molecule has 2 aromatic heterocycles. The van der Waals surface area contributed by atoms with Crippen molar-refractivity contribution >= 4 is 17.5 Å². The Morgan fingerprint density at radius 1 is 1.10 bits per heavy atom. The van der Waals surface area contributed by atoms with Crippen molar-refractivity contribution < 1.29 is 18.7 Å². The lowest BCUT2D eigenvalue weighted by molar-refractivity contribution is 0.0781. The minimum absolute atomic E-state index is 0.00566. The summed E-state index contributed by atoms with van der Waals surface area (Å²) >= 11 is 0. The maximum atomic E-state index is 12.9. The summed E-state index contributed by atoms with van der Waals surface area (Å²) in [5, 5.41) is 11.3. The van der Waals surface area contributed by atoms with E-state index in [9.17, 15) is 9.59 Å². The lowest BCUT2D eigenvalue weighted by atomic mass is 9.89. The van der Waals surface area contributed by atoms with Crippen LogP contribution in [0.1, 0.15) is 32.6 Å². The lowest BCUT2D eigenvalue weighted by Crippen LogP contribution is -2.31. The molecule has 160 valence electrons. The first-order chi connectivity index (χ1) is 15.0. The van der Waals surface area contributed by atoms with Gasteiger partial charge in [0.1, 0.15) is 17.3 Å². The molecule has 9 heteroatoms. The number of anilines is 1. The maximum absolute atomic E-state index is 12.9. The van der Waals surface area contributed by atoms with Crippen LogP contribution in [0.4, 0.5) is 5.69 Å². The molecule has 4 heterocycles. The number of likely N-dealkylation sites (tertiary alicyclic amines) is 1. The van der Waals surface area contributed by atoms with E-state index in [1.807, 2.05) is 9.47 Å². The van der Waals surface area contributed by atoms with E-state index in [-0.39, 0.29) is 17.7 Å². The summed E-state index contributed by atoms with van der Waals surface area (Å²) in [6.07, 6.45) is 2.24. The third-order valence-corrected chi connectivity index (χ3v) is 6.19. The third kappa shape index (κ3) is 3.45. The molecule has 9 nitrogen and oxygen atoms in total. The summed E-state index contributed by atoms with van der Waals surface area (Å²) in [5.74, 6) is 2.69. The number of benzene rings is 1. The highest BCUT2D eigenvalue weighted by molar-refractivity contribution is 6.01. The molecular weight excluding hydrogens is 398 g/mol. The zero-order valence-electron chi connectivity index (χ0n) is 17.4. The number of amides is 2. The van der Waals surface area contributed by atoms with Crippen LogP contribution in [0.3, 0.4) is 0 Å². The summed E-state index contributed by atoms with van der Waals surface area (Å²) < 4.78 is 12.3. The number of nitrogens with one attached hydrogen (secondary N) is 1. The topological polar surface area (TPSA) is 102 Å². The van der Waals surface area contributed by atoms with Crippen LogP contribution in [0, 0.1) is 18.8 Å². The number of aromatic nitrogens is 3. The molecule has 2 aliphatic rings. The number of methoxy groups -OCH3 is 1. The predicted molar refractivity (Wildman–Crippen MR) is 111 cm³/mol. The Balaban J connectivity index is 1.29. The number of hydrogen-bond donors (Lipinski definition) is 1. The van der Waals surface area contributed by atoms with E-state index in [1.165, 1.54) is 0 Å². The van der Waals surface area contributed by atoms with Crippen LogP contribution in [0.5, 0.6) is 5.75 Å². The summed E-state index contributed by atoms with van der Waals surface area (Å²) in [5.41, 5.74) is 1.27. The van der Waals surface area contributed by atoms with Gasteiger partial charge in [-0.2, -0.15) is 0 Å². The molecule has 0 aliphatic carbocycles. The molecule has 0 radical (unpaired) electrons. The van der Waals surface area contributed by atoms with E-state index >= 15 is 0 Å². The van der Waals surface area contributed by atoms with Crippen LogP contribution in [0.2, 0.25) is 0 Å². The molecule has 2 amide bonds. The second kappa shape index (κ2) is 7.57. The molecule has 0 saturated carbocycles. The molecule has 0 bridgehead atoms. The molecule has 2 atom stereocenters. The van der Waals surface area contributed by atoms with Crippen LogP contribution in [-0.4, -0.2) is 51.7 Å². The Morgan fingerprint density at radius 3 is 2.58 bits per heavy atom. The molecule has 2 aliphatic heterocycles. The van der Waals surface area contributed by atoms with Gasteiger partial charge in [0.2, 0.25) is 5.82 Å². The molecule has 3 aromatic rings. The van der Waals surface area contributed by atoms with E-state index < -0.39 is 0 Å². The van der Waals surface area contributed by atoms with Gasteiger partial charge in [0.25, 0.3) is 11.8 Å². The molecular formula is C22H23N5O4. The zero-order chi connectivity index (χ0) is 21.5. The number of aryl methyl sites for hydroxylation is 1. The van der Waals surface area contributed by atoms with E-state index in [0.29, 0.717) is 54.8 Å². The fourth-order valence-corrected chi connectivity index (χ4v) is 4.50. The minimum atomic E-state index is -0.303. The average molecular weight is 421 g/mol. The maximum Gasteiger partial charge on any atom is 0.293 e. The Kier molecular flexibility index (Phi) is 4.72. The standard InChI is InChI=1S/C22H23N5O4/c1-13-18(7-8-31-13)22(29)26-10-14-9-19-24-25-20(27(19)12-15(14)11-26)21(28)23-16-3-5-17(30-2)6-4-16/h3-8,14-15H,9-12H2,1-2H3,(H,23,28)/t14-,15-/m1/s1. The highest BCUT2D eigenvalue weighted by atomic mass is 16.5. The Labute approximate surface area is 179 Å². The Bertz CT molecular complexity index is 1130. The van der Waals surface area contributed by atoms with Crippen LogP contribution in [0.25, 0.3) is 0 Å². The Morgan fingerprint density at radius 2 is 1.87 bits per heavy atom. The summed E-state index contributed by atoms with van der Waals surface area (Å²) in [7, 11) is 1.59. The van der Waals surface area contributed by atoms with Gasteiger partial charge in [0, 0.05) is 31.7 Å². The first-order valence-electron chi connectivity index (χ1n) is 10.2. The smallest absolute Gasteiger partial charge is 0.293 e. The van der Waals surface area contributed by atoms with Crippen molar-refractivity contribution in [1.82, 2.24) is 19.7 Å². The molecule has 0 spiro atoms. The molecule has 1 N–H and O–H groups in total. The van der Waals surface area contributed by atoms with Crippen molar-refractivity contribution in [2.75, 3.05) is 25.5 Å². The number of carbonyl (C=O) groups is 2. The second-order valence-electron chi connectivity index (χ2n) is 8.06. The van der Waals surface area contributed by atoms with Gasteiger partial charge >= 0.3 is 0 Å². The molecule has 5 rings (SSSR count). The lowest BCUT2D eigenvalue weighted by Gasteiger charge is -2.25. The Hall–Kier alpha value is -3.62. The van der Waals surface area contributed by atoms with Crippen LogP contribution < -0.4 is 10.1 Å². The van der Waals surface area contributed by atoms with Crippen LogP contribution in [-0.2, 0) is 13.0 Å². The molecule has 1 saturated heterocycles. The zero-order valence-corrected chi connectivity index (χ0v) is 17.4. The van der Waals surface area contributed by atoms with Crippen LogP contribution in [0.15, 0.2) is 41.0 Å². The number of ether oxygens (including phenoxy) is 1.